The molecule has 0 saturated heterocycles. The van der Waals surface area contributed by atoms with Crippen LogP contribution >= 0.6 is 0 Å². The van der Waals surface area contributed by atoms with Crippen molar-refractivity contribution in [1.82, 2.24) is 16.2 Å². The minimum Gasteiger partial charge on any atom is -0.463 e. The highest BCUT2D eigenvalue weighted by Crippen LogP contribution is 2.07. The van der Waals surface area contributed by atoms with Gasteiger partial charge in [-0.1, -0.05) is 24.8 Å². The minimum absolute atomic E-state index is 0.147. The second-order valence-corrected chi connectivity index (χ2v) is 4.18. The molecule has 0 fully saturated rings. The Labute approximate surface area is 121 Å². The third kappa shape index (κ3) is 4.24. The Bertz CT molecular complexity index is 621. The Kier molecular flexibility index (Phi) is 4.76. The van der Waals surface area contributed by atoms with Crippen LogP contribution in [0, 0.1) is 0 Å². The highest BCUT2D eigenvalue weighted by molar-refractivity contribution is 5.96. The fourth-order valence-electron chi connectivity index (χ4n) is 1.55. The molecule has 0 aliphatic heterocycles. The van der Waals surface area contributed by atoms with E-state index in [2.05, 4.69) is 22.7 Å². The molecule has 0 bridgehead atoms. The SMILES string of the molecule is C=C(NNC(=O)CNC(=O)c1ccccc1)c1ccco1. The average molecular weight is 285 g/mol. The standard InChI is InChI=1S/C15H15N3O3/c1-11(13-8-5-9-21-13)17-18-14(19)10-16-15(20)12-6-3-2-4-7-12/h2-9,17H,1,10H2,(H,16,20)(H,18,19). The van der Waals surface area contributed by atoms with E-state index in [1.807, 2.05) is 6.07 Å². The van der Waals surface area contributed by atoms with Crippen molar-refractivity contribution in [3.8, 4) is 0 Å². The van der Waals surface area contributed by atoms with E-state index < -0.39 is 5.91 Å². The molecule has 0 spiro atoms. The Morgan fingerprint density at radius 1 is 1.05 bits per heavy atom. The molecule has 0 atom stereocenters. The molecule has 0 aliphatic rings. The van der Waals surface area contributed by atoms with Crippen LogP contribution in [0.4, 0.5) is 0 Å². The van der Waals surface area contributed by atoms with Crippen LogP contribution in [0.25, 0.3) is 5.70 Å². The van der Waals surface area contributed by atoms with Gasteiger partial charge in [0, 0.05) is 5.56 Å². The number of hydrogen-bond donors (Lipinski definition) is 3. The summed E-state index contributed by atoms with van der Waals surface area (Å²) in [5.74, 6) is -0.189. The van der Waals surface area contributed by atoms with Crippen LogP contribution in [0.15, 0.2) is 59.7 Å². The van der Waals surface area contributed by atoms with Crippen LogP contribution in [-0.4, -0.2) is 18.4 Å². The van der Waals surface area contributed by atoms with E-state index >= 15 is 0 Å². The number of carbonyl (C=O) groups is 2. The molecule has 2 rings (SSSR count). The van der Waals surface area contributed by atoms with Gasteiger partial charge in [-0.3, -0.25) is 20.4 Å². The lowest BCUT2D eigenvalue weighted by Crippen LogP contribution is -2.42. The highest BCUT2D eigenvalue weighted by atomic mass is 16.3. The Balaban J connectivity index is 1.73. The zero-order valence-electron chi connectivity index (χ0n) is 11.3. The molecule has 1 aromatic carbocycles. The van der Waals surface area contributed by atoms with Crippen molar-refractivity contribution in [2.75, 3.05) is 6.54 Å². The van der Waals surface area contributed by atoms with Gasteiger partial charge in [0.15, 0.2) is 5.76 Å². The average Bonchev–Trinajstić information content (AvgIpc) is 3.05. The fourth-order valence-corrected chi connectivity index (χ4v) is 1.55. The molecule has 21 heavy (non-hydrogen) atoms. The van der Waals surface area contributed by atoms with Crippen molar-refractivity contribution in [3.63, 3.8) is 0 Å². The van der Waals surface area contributed by atoms with Crippen LogP contribution in [0.2, 0.25) is 0 Å². The predicted molar refractivity (Wildman–Crippen MR) is 77.8 cm³/mol. The normalized spacial score (nSPS) is 9.71. The first-order valence-electron chi connectivity index (χ1n) is 6.27. The van der Waals surface area contributed by atoms with Crippen LogP contribution in [0.3, 0.4) is 0 Å². The summed E-state index contributed by atoms with van der Waals surface area (Å²) in [5.41, 5.74) is 5.94. The molecule has 108 valence electrons. The first kappa shape index (κ1) is 14.4. The molecule has 1 aromatic heterocycles. The third-order valence-corrected chi connectivity index (χ3v) is 2.62. The van der Waals surface area contributed by atoms with Crippen LogP contribution in [-0.2, 0) is 4.79 Å². The zero-order valence-corrected chi connectivity index (χ0v) is 11.3. The number of furan rings is 1. The van der Waals surface area contributed by atoms with Gasteiger partial charge < -0.3 is 9.73 Å². The van der Waals surface area contributed by atoms with E-state index in [1.165, 1.54) is 6.26 Å². The van der Waals surface area contributed by atoms with Crippen molar-refractivity contribution in [2.45, 2.75) is 0 Å². The summed E-state index contributed by atoms with van der Waals surface area (Å²) in [6.45, 7) is 3.56. The van der Waals surface area contributed by atoms with Crippen molar-refractivity contribution >= 4 is 17.5 Å². The van der Waals surface area contributed by atoms with E-state index in [9.17, 15) is 9.59 Å². The van der Waals surface area contributed by atoms with Crippen LogP contribution in [0.1, 0.15) is 16.1 Å². The molecule has 0 unspecified atom stereocenters. The molecule has 3 N–H and O–H groups in total. The summed E-state index contributed by atoms with van der Waals surface area (Å²) in [5, 5.41) is 2.51. The number of rotatable bonds is 6. The van der Waals surface area contributed by atoms with Gasteiger partial charge in [-0.2, -0.15) is 0 Å². The molecule has 6 nitrogen and oxygen atoms in total. The maximum absolute atomic E-state index is 11.7. The van der Waals surface area contributed by atoms with Gasteiger partial charge in [0.2, 0.25) is 0 Å². The lowest BCUT2D eigenvalue weighted by Gasteiger charge is -2.09. The van der Waals surface area contributed by atoms with Gasteiger partial charge in [-0.15, -0.1) is 0 Å². The summed E-state index contributed by atoms with van der Waals surface area (Å²) in [6, 6.07) is 12.1. The van der Waals surface area contributed by atoms with Gasteiger partial charge >= 0.3 is 0 Å². The molecule has 6 heteroatoms. The largest absolute Gasteiger partial charge is 0.463 e. The van der Waals surface area contributed by atoms with Gasteiger partial charge in [0.25, 0.3) is 11.8 Å². The van der Waals surface area contributed by atoms with E-state index in [-0.39, 0.29) is 12.5 Å². The Morgan fingerprint density at radius 3 is 2.48 bits per heavy atom. The van der Waals surface area contributed by atoms with E-state index in [0.29, 0.717) is 17.0 Å². The van der Waals surface area contributed by atoms with Gasteiger partial charge in [-0.25, -0.2) is 0 Å². The number of amides is 2. The molecular weight excluding hydrogens is 270 g/mol. The van der Waals surface area contributed by atoms with Crippen LogP contribution in [0.5, 0.6) is 0 Å². The van der Waals surface area contributed by atoms with Crippen molar-refractivity contribution in [2.24, 2.45) is 0 Å². The molecular formula is C15H15N3O3. The third-order valence-electron chi connectivity index (χ3n) is 2.62. The van der Waals surface area contributed by atoms with Crippen LogP contribution < -0.4 is 16.2 Å². The Morgan fingerprint density at radius 2 is 1.81 bits per heavy atom. The summed E-state index contributed by atoms with van der Waals surface area (Å²) in [7, 11) is 0. The molecule has 1 heterocycles. The topological polar surface area (TPSA) is 83.4 Å². The zero-order chi connectivity index (χ0) is 15.1. The molecule has 2 aromatic rings. The molecule has 0 radical (unpaired) electrons. The summed E-state index contributed by atoms with van der Waals surface area (Å²) in [6.07, 6.45) is 1.50. The molecule has 0 saturated carbocycles. The lowest BCUT2D eigenvalue weighted by atomic mass is 10.2. The van der Waals surface area contributed by atoms with Gasteiger partial charge in [-0.05, 0) is 24.3 Å². The summed E-state index contributed by atoms with van der Waals surface area (Å²) >= 11 is 0. The maximum atomic E-state index is 11.7. The molecule has 2 amide bonds. The minimum atomic E-state index is -0.396. The maximum Gasteiger partial charge on any atom is 0.257 e. The van der Waals surface area contributed by atoms with Crippen molar-refractivity contribution < 1.29 is 14.0 Å². The van der Waals surface area contributed by atoms with Crippen molar-refractivity contribution in [3.05, 3.63) is 66.6 Å². The fraction of sp³-hybridized carbons (Fsp3) is 0.0667. The summed E-state index contributed by atoms with van der Waals surface area (Å²) in [4.78, 5) is 23.3. The number of benzene rings is 1. The van der Waals surface area contributed by atoms with E-state index in [1.54, 1.807) is 36.4 Å². The van der Waals surface area contributed by atoms with Crippen molar-refractivity contribution in [1.29, 1.82) is 0 Å². The van der Waals surface area contributed by atoms with E-state index in [4.69, 9.17) is 4.42 Å². The van der Waals surface area contributed by atoms with E-state index in [0.717, 1.165) is 0 Å². The number of hydrogen-bond acceptors (Lipinski definition) is 4. The Hall–Kier alpha value is -3.02. The van der Waals surface area contributed by atoms with Gasteiger partial charge in [0.05, 0.1) is 18.5 Å². The first-order valence-corrected chi connectivity index (χ1v) is 6.27. The number of carbonyl (C=O) groups excluding carboxylic acids is 2. The summed E-state index contributed by atoms with van der Waals surface area (Å²) < 4.78 is 5.10. The number of nitrogens with one attached hydrogen (secondary N) is 3. The lowest BCUT2D eigenvalue weighted by molar-refractivity contribution is -0.120. The highest BCUT2D eigenvalue weighted by Gasteiger charge is 2.08. The first-order chi connectivity index (χ1) is 10.2. The molecule has 0 aliphatic carbocycles. The monoisotopic (exact) mass is 285 g/mol. The van der Waals surface area contributed by atoms with Gasteiger partial charge in [0.1, 0.15) is 0 Å². The predicted octanol–water partition coefficient (Wildman–Crippen LogP) is 1.30. The smallest absolute Gasteiger partial charge is 0.257 e. The quantitative estimate of drug-likeness (QED) is 0.699. The second kappa shape index (κ2) is 6.95. The second-order valence-electron chi connectivity index (χ2n) is 4.18. The number of hydrazine groups is 1.